The highest BCUT2D eigenvalue weighted by molar-refractivity contribution is 5.96. The molecule has 3 N–H and O–H groups in total. The van der Waals surface area contributed by atoms with Crippen molar-refractivity contribution in [2.24, 2.45) is 0 Å². The Morgan fingerprint density at radius 3 is 2.27 bits per heavy atom. The summed E-state index contributed by atoms with van der Waals surface area (Å²) in [7, 11) is 0. The topological polar surface area (TPSA) is 70.2 Å². The van der Waals surface area contributed by atoms with Crippen molar-refractivity contribution in [3.8, 4) is 0 Å². The van der Waals surface area contributed by atoms with Crippen molar-refractivity contribution in [3.05, 3.63) is 0 Å². The summed E-state index contributed by atoms with van der Waals surface area (Å²) in [5.41, 5.74) is 0. The van der Waals surface area contributed by atoms with Crippen LogP contribution in [-0.2, 0) is 4.79 Å². The molecular formula is C10H21N3O2. The van der Waals surface area contributed by atoms with Gasteiger partial charge in [0.2, 0.25) is 5.91 Å². The Balaban J connectivity index is 3.93. The minimum Gasteiger partial charge on any atom is -0.338 e. The van der Waals surface area contributed by atoms with Gasteiger partial charge in [0.15, 0.2) is 0 Å². The van der Waals surface area contributed by atoms with Crippen molar-refractivity contribution in [1.82, 2.24) is 16.0 Å². The minimum atomic E-state index is -0.444. The molecule has 0 heterocycles. The summed E-state index contributed by atoms with van der Waals surface area (Å²) in [6, 6.07) is -0.539. The molecule has 2 atom stereocenters. The summed E-state index contributed by atoms with van der Waals surface area (Å²) in [6.45, 7) is 8.07. The van der Waals surface area contributed by atoms with Crippen LogP contribution in [0.15, 0.2) is 0 Å². The van der Waals surface area contributed by atoms with Gasteiger partial charge in [-0.2, -0.15) is 0 Å². The Kier molecular flexibility index (Phi) is 6.70. The summed E-state index contributed by atoms with van der Waals surface area (Å²) >= 11 is 0. The van der Waals surface area contributed by atoms with E-state index in [1.165, 1.54) is 0 Å². The van der Waals surface area contributed by atoms with Gasteiger partial charge in [-0.3, -0.25) is 10.1 Å². The van der Waals surface area contributed by atoms with Crippen LogP contribution >= 0.6 is 0 Å². The number of carbonyl (C=O) groups is 2. The Hall–Kier alpha value is -1.10. The van der Waals surface area contributed by atoms with Gasteiger partial charge in [-0.25, -0.2) is 4.79 Å². The molecule has 0 aliphatic heterocycles. The lowest BCUT2D eigenvalue weighted by Crippen LogP contribution is -2.49. The molecule has 15 heavy (non-hydrogen) atoms. The zero-order valence-corrected chi connectivity index (χ0v) is 9.89. The Labute approximate surface area is 91.0 Å². The molecule has 88 valence electrons. The van der Waals surface area contributed by atoms with Gasteiger partial charge in [-0.05, 0) is 27.2 Å². The Bertz CT molecular complexity index is 219. The maximum absolute atomic E-state index is 11.4. The SMILES string of the molecule is CCNC(=O)NC(=O)C(C)NC(C)CC. The molecule has 0 bridgehead atoms. The third kappa shape index (κ3) is 6.06. The molecule has 0 rings (SSSR count). The standard InChI is InChI=1S/C10H21N3O2/c1-5-7(3)12-8(4)9(14)13-10(15)11-6-2/h7-8,12H,5-6H2,1-4H3,(H2,11,13,14,15). The van der Waals surface area contributed by atoms with E-state index in [1.807, 2.05) is 13.8 Å². The predicted octanol–water partition coefficient (Wildman–Crippen LogP) is 0.609. The fourth-order valence-electron chi connectivity index (χ4n) is 1.05. The summed E-state index contributed by atoms with van der Waals surface area (Å²) in [5, 5.41) is 7.84. The average Bonchev–Trinajstić information content (AvgIpc) is 2.17. The van der Waals surface area contributed by atoms with E-state index < -0.39 is 6.03 Å². The normalized spacial score (nSPS) is 14.1. The first-order chi connectivity index (χ1) is 7.01. The zero-order chi connectivity index (χ0) is 11.8. The van der Waals surface area contributed by atoms with Crippen LogP contribution in [0.2, 0.25) is 0 Å². The molecule has 3 amide bonds. The molecule has 0 radical (unpaired) electrons. The predicted molar refractivity (Wildman–Crippen MR) is 59.6 cm³/mol. The number of rotatable bonds is 5. The van der Waals surface area contributed by atoms with E-state index in [0.717, 1.165) is 6.42 Å². The van der Waals surface area contributed by atoms with Gasteiger partial charge in [0.25, 0.3) is 0 Å². The second-order valence-corrected chi connectivity index (χ2v) is 3.55. The quantitative estimate of drug-likeness (QED) is 0.629. The maximum atomic E-state index is 11.4. The number of hydrogen-bond acceptors (Lipinski definition) is 3. The fourth-order valence-corrected chi connectivity index (χ4v) is 1.05. The molecule has 0 spiro atoms. The first kappa shape index (κ1) is 13.9. The van der Waals surface area contributed by atoms with Crippen LogP contribution in [0.1, 0.15) is 34.1 Å². The van der Waals surface area contributed by atoms with Gasteiger partial charge in [0.05, 0.1) is 6.04 Å². The molecule has 5 nitrogen and oxygen atoms in total. The summed E-state index contributed by atoms with van der Waals surface area (Å²) in [5.74, 6) is -0.304. The first-order valence-corrected chi connectivity index (χ1v) is 5.35. The van der Waals surface area contributed by atoms with Gasteiger partial charge in [0.1, 0.15) is 0 Å². The second-order valence-electron chi connectivity index (χ2n) is 3.55. The lowest BCUT2D eigenvalue weighted by molar-refractivity contribution is -0.121. The van der Waals surface area contributed by atoms with Crippen molar-refractivity contribution < 1.29 is 9.59 Å². The molecule has 0 saturated carbocycles. The van der Waals surface area contributed by atoms with Crippen LogP contribution in [0.5, 0.6) is 0 Å². The largest absolute Gasteiger partial charge is 0.338 e. The van der Waals surface area contributed by atoms with E-state index in [2.05, 4.69) is 16.0 Å². The van der Waals surface area contributed by atoms with E-state index in [4.69, 9.17) is 0 Å². The van der Waals surface area contributed by atoms with Crippen LogP contribution in [0.25, 0.3) is 0 Å². The number of nitrogens with one attached hydrogen (secondary N) is 3. The van der Waals surface area contributed by atoms with Crippen LogP contribution in [0.3, 0.4) is 0 Å². The van der Waals surface area contributed by atoms with Crippen molar-refractivity contribution in [2.45, 2.75) is 46.2 Å². The van der Waals surface area contributed by atoms with Gasteiger partial charge in [-0.1, -0.05) is 6.92 Å². The lowest BCUT2D eigenvalue weighted by atomic mass is 10.2. The molecule has 0 aliphatic rings. The van der Waals surface area contributed by atoms with E-state index in [9.17, 15) is 9.59 Å². The molecular weight excluding hydrogens is 194 g/mol. The van der Waals surface area contributed by atoms with Crippen molar-refractivity contribution in [1.29, 1.82) is 0 Å². The fraction of sp³-hybridized carbons (Fsp3) is 0.800. The molecule has 0 saturated heterocycles. The molecule has 0 fully saturated rings. The van der Waals surface area contributed by atoms with Crippen molar-refractivity contribution in [3.63, 3.8) is 0 Å². The summed E-state index contributed by atoms with van der Waals surface area (Å²) in [4.78, 5) is 22.5. The lowest BCUT2D eigenvalue weighted by Gasteiger charge is -2.17. The number of carbonyl (C=O) groups excluding carboxylic acids is 2. The molecule has 0 aromatic heterocycles. The number of amides is 3. The van der Waals surface area contributed by atoms with Gasteiger partial charge in [0, 0.05) is 12.6 Å². The van der Waals surface area contributed by atoms with Gasteiger partial charge >= 0.3 is 6.03 Å². The summed E-state index contributed by atoms with van der Waals surface area (Å²) in [6.07, 6.45) is 0.943. The van der Waals surface area contributed by atoms with E-state index in [0.29, 0.717) is 6.54 Å². The van der Waals surface area contributed by atoms with E-state index in [1.54, 1.807) is 13.8 Å². The molecule has 0 aliphatic carbocycles. The maximum Gasteiger partial charge on any atom is 0.321 e. The highest BCUT2D eigenvalue weighted by atomic mass is 16.2. The van der Waals surface area contributed by atoms with Gasteiger partial charge in [-0.15, -0.1) is 0 Å². The van der Waals surface area contributed by atoms with E-state index in [-0.39, 0.29) is 18.0 Å². The Morgan fingerprint density at radius 2 is 1.80 bits per heavy atom. The highest BCUT2D eigenvalue weighted by Gasteiger charge is 2.16. The smallest absolute Gasteiger partial charge is 0.321 e. The molecule has 5 heteroatoms. The van der Waals surface area contributed by atoms with Crippen LogP contribution < -0.4 is 16.0 Å². The summed E-state index contributed by atoms with van der Waals surface area (Å²) < 4.78 is 0. The van der Waals surface area contributed by atoms with Crippen molar-refractivity contribution >= 4 is 11.9 Å². The minimum absolute atomic E-state index is 0.264. The third-order valence-electron chi connectivity index (χ3n) is 2.11. The number of imide groups is 1. The molecule has 0 aromatic rings. The van der Waals surface area contributed by atoms with Gasteiger partial charge < -0.3 is 10.6 Å². The molecule has 2 unspecified atom stereocenters. The average molecular weight is 215 g/mol. The highest BCUT2D eigenvalue weighted by Crippen LogP contribution is 1.91. The van der Waals surface area contributed by atoms with Crippen LogP contribution in [0.4, 0.5) is 4.79 Å². The third-order valence-corrected chi connectivity index (χ3v) is 2.11. The first-order valence-electron chi connectivity index (χ1n) is 5.35. The van der Waals surface area contributed by atoms with Crippen LogP contribution in [-0.4, -0.2) is 30.6 Å². The van der Waals surface area contributed by atoms with E-state index >= 15 is 0 Å². The monoisotopic (exact) mass is 215 g/mol. The Morgan fingerprint density at radius 1 is 1.20 bits per heavy atom. The number of urea groups is 1. The van der Waals surface area contributed by atoms with Crippen LogP contribution in [0, 0.1) is 0 Å². The second kappa shape index (κ2) is 7.23. The van der Waals surface area contributed by atoms with Crippen molar-refractivity contribution in [2.75, 3.05) is 6.54 Å². The molecule has 0 aromatic carbocycles. The number of hydrogen-bond donors (Lipinski definition) is 3. The zero-order valence-electron chi connectivity index (χ0n) is 9.89.